The van der Waals surface area contributed by atoms with Gasteiger partial charge >= 0.3 is 0 Å². The molecule has 1 rings (SSSR count). The Morgan fingerprint density at radius 3 is 2.80 bits per heavy atom. The van der Waals surface area contributed by atoms with E-state index in [1.54, 1.807) is 0 Å². The van der Waals surface area contributed by atoms with Gasteiger partial charge in [-0.3, -0.25) is 0 Å². The largest absolute Gasteiger partial charge is 0.462 e. The van der Waals surface area contributed by atoms with E-state index in [4.69, 9.17) is 10.2 Å². The number of nitrogens with two attached hydrogens (primary N) is 1. The molecule has 10 heavy (non-hydrogen) atoms. The standard InChI is InChI=1S/C8H11NO/c1-6(5-9)8-4-3-7(2)10-8/h3-4H,1,5,9H2,2H3. The first kappa shape index (κ1) is 7.09. The van der Waals surface area contributed by atoms with Crippen LogP contribution >= 0.6 is 0 Å². The third-order valence-corrected chi connectivity index (χ3v) is 1.34. The summed E-state index contributed by atoms with van der Waals surface area (Å²) in [5.41, 5.74) is 6.19. The lowest BCUT2D eigenvalue weighted by Gasteiger charge is -1.94. The quantitative estimate of drug-likeness (QED) is 0.671. The summed E-state index contributed by atoms with van der Waals surface area (Å²) < 4.78 is 5.26. The van der Waals surface area contributed by atoms with E-state index in [-0.39, 0.29) is 0 Å². The minimum Gasteiger partial charge on any atom is -0.462 e. The molecule has 1 aromatic heterocycles. The van der Waals surface area contributed by atoms with Gasteiger partial charge in [-0.2, -0.15) is 0 Å². The maximum Gasteiger partial charge on any atom is 0.130 e. The molecule has 2 N–H and O–H groups in total. The minimum absolute atomic E-state index is 0.451. The summed E-state index contributed by atoms with van der Waals surface area (Å²) in [6, 6.07) is 3.78. The van der Waals surface area contributed by atoms with E-state index in [1.165, 1.54) is 0 Å². The van der Waals surface area contributed by atoms with E-state index in [1.807, 2.05) is 19.1 Å². The molecule has 0 aliphatic heterocycles. The van der Waals surface area contributed by atoms with Gasteiger partial charge in [-0.15, -0.1) is 0 Å². The summed E-state index contributed by atoms with van der Waals surface area (Å²) in [5, 5.41) is 0. The molecular formula is C8H11NO. The van der Waals surface area contributed by atoms with Crippen LogP contribution in [0.3, 0.4) is 0 Å². The van der Waals surface area contributed by atoms with Crippen molar-refractivity contribution in [2.24, 2.45) is 5.73 Å². The zero-order chi connectivity index (χ0) is 7.56. The maximum absolute atomic E-state index is 5.35. The monoisotopic (exact) mass is 137 g/mol. The zero-order valence-electron chi connectivity index (χ0n) is 6.05. The molecule has 54 valence electrons. The van der Waals surface area contributed by atoms with Gasteiger partial charge in [-0.05, 0) is 19.1 Å². The normalized spacial score (nSPS) is 9.80. The Labute approximate surface area is 60.3 Å². The number of furan rings is 1. The molecule has 2 nitrogen and oxygen atoms in total. The van der Waals surface area contributed by atoms with Crippen molar-refractivity contribution in [1.82, 2.24) is 0 Å². The van der Waals surface area contributed by atoms with Gasteiger partial charge in [-0.25, -0.2) is 0 Å². The van der Waals surface area contributed by atoms with Gasteiger partial charge in [0, 0.05) is 12.1 Å². The van der Waals surface area contributed by atoms with E-state index in [0.717, 1.165) is 17.1 Å². The Morgan fingerprint density at radius 2 is 2.40 bits per heavy atom. The molecule has 2 heteroatoms. The molecule has 0 aliphatic carbocycles. The fraction of sp³-hybridized carbons (Fsp3) is 0.250. The summed E-state index contributed by atoms with van der Waals surface area (Å²) >= 11 is 0. The van der Waals surface area contributed by atoms with Crippen LogP contribution in [0.25, 0.3) is 5.57 Å². The number of rotatable bonds is 2. The first-order valence-corrected chi connectivity index (χ1v) is 3.18. The van der Waals surface area contributed by atoms with Crippen molar-refractivity contribution in [2.45, 2.75) is 6.92 Å². The smallest absolute Gasteiger partial charge is 0.130 e. The van der Waals surface area contributed by atoms with Crippen molar-refractivity contribution in [3.05, 3.63) is 30.2 Å². The van der Waals surface area contributed by atoms with Gasteiger partial charge in [0.25, 0.3) is 0 Å². The molecule has 0 unspecified atom stereocenters. The van der Waals surface area contributed by atoms with E-state index in [9.17, 15) is 0 Å². The van der Waals surface area contributed by atoms with Crippen molar-refractivity contribution >= 4 is 5.57 Å². The van der Waals surface area contributed by atoms with Crippen molar-refractivity contribution in [3.63, 3.8) is 0 Å². The first-order chi connectivity index (χ1) is 4.74. The van der Waals surface area contributed by atoms with Crippen LogP contribution in [-0.2, 0) is 0 Å². The van der Waals surface area contributed by atoms with Gasteiger partial charge in [-0.1, -0.05) is 6.58 Å². The van der Waals surface area contributed by atoms with Crippen LogP contribution in [-0.4, -0.2) is 6.54 Å². The Morgan fingerprint density at radius 1 is 1.70 bits per heavy atom. The van der Waals surface area contributed by atoms with Crippen LogP contribution in [0, 0.1) is 6.92 Å². The second-order valence-electron chi connectivity index (χ2n) is 2.22. The molecular weight excluding hydrogens is 126 g/mol. The summed E-state index contributed by atoms with van der Waals surface area (Å²) in [5.74, 6) is 1.68. The van der Waals surface area contributed by atoms with Gasteiger partial charge in [0.15, 0.2) is 0 Å². The van der Waals surface area contributed by atoms with Crippen LogP contribution in [0.5, 0.6) is 0 Å². The highest BCUT2D eigenvalue weighted by atomic mass is 16.3. The molecule has 1 heterocycles. The van der Waals surface area contributed by atoms with Crippen molar-refractivity contribution in [1.29, 1.82) is 0 Å². The molecule has 0 spiro atoms. The third-order valence-electron chi connectivity index (χ3n) is 1.34. The van der Waals surface area contributed by atoms with E-state index >= 15 is 0 Å². The molecule has 0 bridgehead atoms. The highest BCUT2D eigenvalue weighted by Gasteiger charge is 1.99. The Balaban J connectivity index is 2.85. The van der Waals surface area contributed by atoms with Gasteiger partial charge in [0.05, 0.1) is 0 Å². The van der Waals surface area contributed by atoms with E-state index in [0.29, 0.717) is 6.54 Å². The van der Waals surface area contributed by atoms with Gasteiger partial charge < -0.3 is 10.2 Å². The predicted octanol–water partition coefficient (Wildman–Crippen LogP) is 1.56. The number of hydrogen-bond acceptors (Lipinski definition) is 2. The van der Waals surface area contributed by atoms with Crippen LogP contribution < -0.4 is 5.73 Å². The molecule has 0 fully saturated rings. The Kier molecular flexibility index (Phi) is 1.92. The van der Waals surface area contributed by atoms with Crippen molar-refractivity contribution in [2.75, 3.05) is 6.54 Å². The van der Waals surface area contributed by atoms with Crippen molar-refractivity contribution in [3.8, 4) is 0 Å². The fourth-order valence-corrected chi connectivity index (χ4v) is 0.725. The zero-order valence-corrected chi connectivity index (χ0v) is 6.05. The van der Waals surface area contributed by atoms with Crippen molar-refractivity contribution < 1.29 is 4.42 Å². The second-order valence-corrected chi connectivity index (χ2v) is 2.22. The third kappa shape index (κ3) is 1.28. The molecule has 0 atom stereocenters. The fourth-order valence-electron chi connectivity index (χ4n) is 0.725. The molecule has 0 aliphatic rings. The molecule has 0 saturated carbocycles. The summed E-state index contributed by atoms with van der Waals surface area (Å²) in [7, 11) is 0. The summed E-state index contributed by atoms with van der Waals surface area (Å²) in [4.78, 5) is 0. The minimum atomic E-state index is 0.451. The lowest BCUT2D eigenvalue weighted by Crippen LogP contribution is -1.99. The Bertz CT molecular complexity index is 237. The van der Waals surface area contributed by atoms with Gasteiger partial charge in [0.2, 0.25) is 0 Å². The van der Waals surface area contributed by atoms with Gasteiger partial charge in [0.1, 0.15) is 11.5 Å². The molecule has 0 aromatic carbocycles. The van der Waals surface area contributed by atoms with E-state index < -0.39 is 0 Å². The molecule has 0 amide bonds. The first-order valence-electron chi connectivity index (χ1n) is 3.18. The maximum atomic E-state index is 5.35. The van der Waals surface area contributed by atoms with E-state index in [2.05, 4.69) is 6.58 Å². The average molecular weight is 137 g/mol. The highest BCUT2D eigenvalue weighted by molar-refractivity contribution is 5.59. The topological polar surface area (TPSA) is 39.2 Å². The number of aryl methyl sites for hydroxylation is 1. The summed E-state index contributed by atoms with van der Waals surface area (Å²) in [6.07, 6.45) is 0. The predicted molar refractivity (Wildman–Crippen MR) is 41.5 cm³/mol. The molecule has 0 radical (unpaired) electrons. The average Bonchev–Trinajstić information content (AvgIpc) is 2.34. The Hall–Kier alpha value is -1.02. The van der Waals surface area contributed by atoms with Crippen LogP contribution in [0.15, 0.2) is 23.1 Å². The van der Waals surface area contributed by atoms with Crippen LogP contribution in [0.4, 0.5) is 0 Å². The molecule has 0 saturated heterocycles. The van der Waals surface area contributed by atoms with Crippen LogP contribution in [0.1, 0.15) is 11.5 Å². The summed E-state index contributed by atoms with van der Waals surface area (Å²) in [6.45, 7) is 6.09. The second kappa shape index (κ2) is 2.71. The lowest BCUT2D eigenvalue weighted by molar-refractivity contribution is 0.520. The SMILES string of the molecule is C=C(CN)c1ccc(C)o1. The molecule has 1 aromatic rings. The highest BCUT2D eigenvalue weighted by Crippen LogP contribution is 2.13. The number of hydrogen-bond donors (Lipinski definition) is 1. The van der Waals surface area contributed by atoms with Crippen LogP contribution in [0.2, 0.25) is 0 Å². The lowest BCUT2D eigenvalue weighted by atomic mass is 10.2.